The molecule has 9 nitrogen and oxygen atoms in total. The summed E-state index contributed by atoms with van der Waals surface area (Å²) in [6.45, 7) is 1.73. The maximum atomic E-state index is 14.1. The summed E-state index contributed by atoms with van der Waals surface area (Å²) in [4.78, 5) is 30.4. The first kappa shape index (κ1) is 27.7. The smallest absolute Gasteiger partial charge is 0.261 e. The third-order valence-electron chi connectivity index (χ3n) is 8.01. The number of imide groups is 1. The third-order valence-corrected chi connectivity index (χ3v) is 9.99. The SMILES string of the molecule is COc1cc(CCN2C(=O)c3cccc4cccc(c34)C2=O)c(S(=O)(=O)N2CCN(c3ccccc3)CC2)cc1OC. The third kappa shape index (κ3) is 4.76. The van der Waals surface area contributed by atoms with E-state index in [2.05, 4.69) is 4.90 Å². The van der Waals surface area contributed by atoms with Gasteiger partial charge in [-0.2, -0.15) is 4.31 Å². The Hall–Kier alpha value is -4.41. The van der Waals surface area contributed by atoms with Crippen molar-refractivity contribution in [2.45, 2.75) is 11.3 Å². The lowest BCUT2D eigenvalue weighted by Crippen LogP contribution is -2.48. The highest BCUT2D eigenvalue weighted by atomic mass is 32.2. The number of hydrogen-bond acceptors (Lipinski definition) is 7. The molecule has 4 aromatic carbocycles. The topological polar surface area (TPSA) is 96.5 Å². The zero-order chi connectivity index (χ0) is 29.4. The molecule has 42 heavy (non-hydrogen) atoms. The van der Waals surface area contributed by atoms with Gasteiger partial charge in [-0.15, -0.1) is 0 Å². The molecular formula is C32H31N3O6S. The molecule has 1 fully saturated rings. The van der Waals surface area contributed by atoms with Crippen molar-refractivity contribution in [2.24, 2.45) is 0 Å². The Balaban J connectivity index is 1.29. The number of methoxy groups -OCH3 is 2. The maximum Gasteiger partial charge on any atom is 0.261 e. The largest absolute Gasteiger partial charge is 0.493 e. The van der Waals surface area contributed by atoms with E-state index in [0.29, 0.717) is 54.0 Å². The molecular weight excluding hydrogens is 554 g/mol. The van der Waals surface area contributed by atoms with E-state index in [1.54, 1.807) is 30.3 Å². The van der Waals surface area contributed by atoms with Crippen LogP contribution in [-0.4, -0.2) is 76.4 Å². The van der Waals surface area contributed by atoms with Gasteiger partial charge in [-0.25, -0.2) is 8.42 Å². The van der Waals surface area contributed by atoms with E-state index in [-0.39, 0.29) is 23.6 Å². The molecule has 4 aromatic rings. The van der Waals surface area contributed by atoms with Crippen molar-refractivity contribution < 1.29 is 27.5 Å². The van der Waals surface area contributed by atoms with Gasteiger partial charge in [0.15, 0.2) is 11.5 Å². The molecule has 0 radical (unpaired) electrons. The molecule has 0 N–H and O–H groups in total. The lowest BCUT2D eigenvalue weighted by molar-refractivity contribution is 0.0612. The molecule has 10 heteroatoms. The number of para-hydroxylation sites is 1. The monoisotopic (exact) mass is 585 g/mol. The number of rotatable bonds is 8. The zero-order valence-corrected chi connectivity index (χ0v) is 24.3. The molecule has 2 aliphatic rings. The molecule has 0 saturated carbocycles. The molecule has 1 saturated heterocycles. The molecule has 0 aliphatic carbocycles. The lowest BCUT2D eigenvalue weighted by atomic mass is 9.94. The van der Waals surface area contributed by atoms with Gasteiger partial charge in [0.2, 0.25) is 10.0 Å². The van der Waals surface area contributed by atoms with Crippen LogP contribution in [0, 0.1) is 0 Å². The van der Waals surface area contributed by atoms with Gasteiger partial charge in [0.25, 0.3) is 11.8 Å². The Bertz CT molecular complexity index is 1730. The fourth-order valence-corrected chi connectivity index (χ4v) is 7.49. The minimum absolute atomic E-state index is 0.00216. The zero-order valence-electron chi connectivity index (χ0n) is 23.4. The van der Waals surface area contributed by atoms with Crippen LogP contribution >= 0.6 is 0 Å². The van der Waals surface area contributed by atoms with Crippen molar-refractivity contribution in [1.29, 1.82) is 0 Å². The Morgan fingerprint density at radius 1 is 0.738 bits per heavy atom. The number of piperazine rings is 1. The van der Waals surface area contributed by atoms with Crippen molar-refractivity contribution in [3.63, 3.8) is 0 Å². The summed E-state index contributed by atoms with van der Waals surface area (Å²) in [5.41, 5.74) is 2.41. The van der Waals surface area contributed by atoms with Gasteiger partial charge in [-0.1, -0.05) is 42.5 Å². The minimum atomic E-state index is -3.93. The summed E-state index contributed by atoms with van der Waals surface area (Å²) in [7, 11) is -1.00. The van der Waals surface area contributed by atoms with E-state index < -0.39 is 21.8 Å². The maximum absolute atomic E-state index is 14.1. The quantitative estimate of drug-likeness (QED) is 0.286. The first-order valence-electron chi connectivity index (χ1n) is 13.8. The van der Waals surface area contributed by atoms with Crippen LogP contribution in [-0.2, 0) is 16.4 Å². The fourth-order valence-electron chi connectivity index (χ4n) is 5.82. The minimum Gasteiger partial charge on any atom is -0.493 e. The van der Waals surface area contributed by atoms with Crippen LogP contribution in [0.5, 0.6) is 11.5 Å². The lowest BCUT2D eigenvalue weighted by Gasteiger charge is -2.35. The molecule has 216 valence electrons. The van der Waals surface area contributed by atoms with Crippen molar-refractivity contribution >= 4 is 38.3 Å². The Labute approximate surface area is 244 Å². The summed E-state index contributed by atoms with van der Waals surface area (Å²) in [6.07, 6.45) is 0.120. The summed E-state index contributed by atoms with van der Waals surface area (Å²) >= 11 is 0. The van der Waals surface area contributed by atoms with E-state index in [1.807, 2.05) is 42.5 Å². The Kier molecular flexibility index (Phi) is 7.34. The average Bonchev–Trinajstić information content (AvgIpc) is 3.03. The first-order chi connectivity index (χ1) is 20.3. The number of benzene rings is 4. The van der Waals surface area contributed by atoms with Crippen molar-refractivity contribution in [3.8, 4) is 11.5 Å². The van der Waals surface area contributed by atoms with Gasteiger partial charge in [-0.05, 0) is 47.7 Å². The normalized spacial score (nSPS) is 15.8. The molecule has 0 spiro atoms. The summed E-state index contributed by atoms with van der Waals surface area (Å²) in [5.74, 6) is -0.141. The van der Waals surface area contributed by atoms with E-state index in [1.165, 1.54) is 29.5 Å². The molecule has 0 aromatic heterocycles. The summed E-state index contributed by atoms with van der Waals surface area (Å²) in [5, 5.41) is 1.47. The second-order valence-electron chi connectivity index (χ2n) is 10.3. The predicted octanol–water partition coefficient (Wildman–Crippen LogP) is 4.21. The van der Waals surface area contributed by atoms with Gasteiger partial charge < -0.3 is 14.4 Å². The van der Waals surface area contributed by atoms with Crippen LogP contribution in [0.15, 0.2) is 83.8 Å². The van der Waals surface area contributed by atoms with Crippen LogP contribution < -0.4 is 14.4 Å². The number of amides is 2. The number of anilines is 1. The molecule has 2 amide bonds. The van der Waals surface area contributed by atoms with Crippen LogP contribution in [0.2, 0.25) is 0 Å². The number of nitrogens with zero attached hydrogens (tertiary/aromatic N) is 3. The average molecular weight is 586 g/mol. The molecule has 0 bridgehead atoms. The van der Waals surface area contributed by atoms with E-state index in [0.717, 1.165) is 11.1 Å². The highest BCUT2D eigenvalue weighted by molar-refractivity contribution is 7.89. The number of ether oxygens (including phenoxy) is 2. The van der Waals surface area contributed by atoms with E-state index >= 15 is 0 Å². The fraction of sp³-hybridized carbons (Fsp3) is 0.250. The molecule has 6 rings (SSSR count). The Morgan fingerprint density at radius 3 is 1.93 bits per heavy atom. The van der Waals surface area contributed by atoms with Crippen molar-refractivity contribution in [1.82, 2.24) is 9.21 Å². The van der Waals surface area contributed by atoms with Crippen LogP contribution in [0.25, 0.3) is 10.8 Å². The van der Waals surface area contributed by atoms with E-state index in [9.17, 15) is 18.0 Å². The Morgan fingerprint density at radius 2 is 1.33 bits per heavy atom. The van der Waals surface area contributed by atoms with Crippen molar-refractivity contribution in [3.05, 3.63) is 95.6 Å². The molecule has 2 heterocycles. The van der Waals surface area contributed by atoms with Gasteiger partial charge in [0.05, 0.1) is 19.1 Å². The number of sulfonamides is 1. The standard InChI is InChI=1S/C32H31N3O6S/c1-40-27-20-23(14-15-35-31(36)25-12-6-8-22-9-7-13-26(30(22)25)32(35)37)29(21-28(27)41-2)42(38,39)34-18-16-33(17-19-34)24-10-4-3-5-11-24/h3-13,20-21H,14-19H2,1-2H3. The number of carbonyl (C=O) groups is 2. The van der Waals surface area contributed by atoms with Gasteiger partial charge in [-0.3, -0.25) is 14.5 Å². The van der Waals surface area contributed by atoms with Gasteiger partial charge in [0, 0.05) is 61.0 Å². The van der Waals surface area contributed by atoms with Crippen LogP contribution in [0.3, 0.4) is 0 Å². The second-order valence-corrected chi connectivity index (χ2v) is 12.2. The van der Waals surface area contributed by atoms with Crippen LogP contribution in [0.1, 0.15) is 26.3 Å². The highest BCUT2D eigenvalue weighted by Crippen LogP contribution is 2.36. The summed E-state index contributed by atoms with van der Waals surface area (Å²) in [6, 6.07) is 23.8. The number of hydrogen-bond donors (Lipinski definition) is 0. The van der Waals surface area contributed by atoms with E-state index in [4.69, 9.17) is 9.47 Å². The van der Waals surface area contributed by atoms with Crippen LogP contribution in [0.4, 0.5) is 5.69 Å². The number of carbonyl (C=O) groups excluding carboxylic acids is 2. The summed E-state index contributed by atoms with van der Waals surface area (Å²) < 4.78 is 40.5. The van der Waals surface area contributed by atoms with Crippen molar-refractivity contribution in [2.75, 3.05) is 51.8 Å². The predicted molar refractivity (Wildman–Crippen MR) is 160 cm³/mol. The van der Waals surface area contributed by atoms with Gasteiger partial charge in [0.1, 0.15) is 0 Å². The second kappa shape index (κ2) is 11.1. The first-order valence-corrected chi connectivity index (χ1v) is 15.2. The molecule has 0 unspecified atom stereocenters. The molecule has 0 atom stereocenters. The molecule has 2 aliphatic heterocycles. The highest BCUT2D eigenvalue weighted by Gasteiger charge is 2.35. The van der Waals surface area contributed by atoms with Gasteiger partial charge >= 0.3 is 0 Å².